The van der Waals surface area contributed by atoms with Gasteiger partial charge in [-0.2, -0.15) is 0 Å². The molecule has 6 heteroatoms. The molecule has 0 aromatic heterocycles. The maximum absolute atomic E-state index is 10.8. The Balaban J connectivity index is 0.00000182. The molecule has 5 nitrogen and oxygen atoms in total. The van der Waals surface area contributed by atoms with Crippen LogP contribution in [-0.4, -0.2) is 42.9 Å². The first-order valence-corrected chi connectivity index (χ1v) is 8.09. The molecule has 1 heterocycles. The lowest BCUT2D eigenvalue weighted by molar-refractivity contribution is 0.226. The highest BCUT2D eigenvalue weighted by atomic mass is 35.5. The summed E-state index contributed by atoms with van der Waals surface area (Å²) in [7, 11) is 5.19. The Bertz CT molecular complexity index is 837. The molecule has 2 aromatic carbocycles. The van der Waals surface area contributed by atoms with Gasteiger partial charge in [-0.1, -0.05) is 6.07 Å². The van der Waals surface area contributed by atoms with Gasteiger partial charge in [0.25, 0.3) is 0 Å². The van der Waals surface area contributed by atoms with E-state index in [-0.39, 0.29) is 29.9 Å². The number of fused-ring (bicyclic) bond motifs is 2. The van der Waals surface area contributed by atoms with E-state index in [4.69, 9.17) is 9.47 Å². The summed E-state index contributed by atoms with van der Waals surface area (Å²) in [5.74, 6) is 1.02. The van der Waals surface area contributed by atoms with Gasteiger partial charge in [-0.25, -0.2) is 0 Å². The third-order valence-electron chi connectivity index (χ3n) is 5.32. The highest BCUT2D eigenvalue weighted by Crippen LogP contribution is 2.55. The standard InChI is InChI=1S/C19H21NO4.ClH/c1-20-7-6-11-9-14(24-3)19(22)17-15(11)12(20)8-10-4-5-13(23-2)18(21)16(10)17;/h4-5,9,12,21-22H,6-8H2,1-3H3;1H/t12-;/m0./s1. The van der Waals surface area contributed by atoms with Crippen molar-refractivity contribution in [1.29, 1.82) is 0 Å². The van der Waals surface area contributed by atoms with E-state index in [1.807, 2.05) is 12.1 Å². The van der Waals surface area contributed by atoms with Crippen LogP contribution in [0.4, 0.5) is 0 Å². The number of hydrogen-bond acceptors (Lipinski definition) is 5. The third kappa shape index (κ3) is 2.41. The minimum absolute atomic E-state index is 0. The van der Waals surface area contributed by atoms with Gasteiger partial charge < -0.3 is 19.7 Å². The number of nitrogens with zero attached hydrogens (tertiary/aromatic N) is 1. The van der Waals surface area contributed by atoms with Gasteiger partial charge in [-0.3, -0.25) is 4.90 Å². The molecule has 2 aromatic rings. The second kappa shape index (κ2) is 6.32. The van der Waals surface area contributed by atoms with Crippen molar-refractivity contribution in [3.05, 3.63) is 34.9 Å². The van der Waals surface area contributed by atoms with Gasteiger partial charge in [0.15, 0.2) is 23.0 Å². The summed E-state index contributed by atoms with van der Waals surface area (Å²) in [6.45, 7) is 0.961. The van der Waals surface area contributed by atoms with Crippen LogP contribution in [0.25, 0.3) is 11.1 Å². The Morgan fingerprint density at radius 3 is 2.36 bits per heavy atom. The summed E-state index contributed by atoms with van der Waals surface area (Å²) in [5.41, 5.74) is 4.62. The summed E-state index contributed by atoms with van der Waals surface area (Å²) < 4.78 is 10.6. The first-order valence-electron chi connectivity index (χ1n) is 8.09. The Hall–Kier alpha value is -2.11. The van der Waals surface area contributed by atoms with Crippen molar-refractivity contribution in [2.75, 3.05) is 27.8 Å². The molecule has 2 N–H and O–H groups in total. The van der Waals surface area contributed by atoms with Gasteiger partial charge in [0, 0.05) is 23.7 Å². The van der Waals surface area contributed by atoms with Crippen molar-refractivity contribution < 1.29 is 19.7 Å². The van der Waals surface area contributed by atoms with Crippen LogP contribution >= 0.6 is 12.4 Å². The van der Waals surface area contributed by atoms with Crippen molar-refractivity contribution >= 4 is 12.4 Å². The van der Waals surface area contributed by atoms with E-state index in [1.54, 1.807) is 13.2 Å². The highest BCUT2D eigenvalue weighted by molar-refractivity contribution is 5.88. The van der Waals surface area contributed by atoms with Crippen molar-refractivity contribution in [3.8, 4) is 34.1 Å². The summed E-state index contributed by atoms with van der Waals surface area (Å²) in [4.78, 5) is 2.31. The minimum atomic E-state index is 0. The van der Waals surface area contributed by atoms with Crippen LogP contribution in [0.3, 0.4) is 0 Å². The minimum Gasteiger partial charge on any atom is -0.504 e. The Kier molecular flexibility index (Phi) is 4.47. The molecule has 1 aliphatic carbocycles. The number of likely N-dealkylation sites (N-methyl/N-ethyl adjacent to an activating group) is 1. The molecule has 0 amide bonds. The van der Waals surface area contributed by atoms with Crippen LogP contribution in [0.2, 0.25) is 0 Å². The predicted molar refractivity (Wildman–Crippen MR) is 98.3 cm³/mol. The number of benzene rings is 2. The molecule has 0 radical (unpaired) electrons. The molecule has 0 spiro atoms. The zero-order valence-corrected chi connectivity index (χ0v) is 15.3. The Labute approximate surface area is 153 Å². The van der Waals surface area contributed by atoms with Gasteiger partial charge in [0.2, 0.25) is 0 Å². The summed E-state index contributed by atoms with van der Waals surface area (Å²) >= 11 is 0. The monoisotopic (exact) mass is 363 g/mol. The van der Waals surface area contributed by atoms with E-state index in [1.165, 1.54) is 12.7 Å². The van der Waals surface area contributed by atoms with E-state index < -0.39 is 0 Å². The topological polar surface area (TPSA) is 62.2 Å². The van der Waals surface area contributed by atoms with Gasteiger partial charge in [0.1, 0.15) is 0 Å². The molecule has 134 valence electrons. The molecule has 0 saturated carbocycles. The van der Waals surface area contributed by atoms with E-state index >= 15 is 0 Å². The van der Waals surface area contributed by atoms with Crippen LogP contribution in [0.1, 0.15) is 22.7 Å². The summed E-state index contributed by atoms with van der Waals surface area (Å²) in [5, 5.41) is 21.5. The number of aromatic hydroxyl groups is 2. The van der Waals surface area contributed by atoms with E-state index in [9.17, 15) is 10.2 Å². The van der Waals surface area contributed by atoms with Gasteiger partial charge in [-0.05, 0) is 48.7 Å². The zero-order valence-electron chi connectivity index (χ0n) is 14.5. The first kappa shape index (κ1) is 17.7. The number of rotatable bonds is 2. The molecule has 0 saturated heterocycles. The van der Waals surface area contributed by atoms with Crippen molar-refractivity contribution in [1.82, 2.24) is 4.90 Å². The smallest absolute Gasteiger partial charge is 0.166 e. The number of hydrogen-bond donors (Lipinski definition) is 2. The lowest BCUT2D eigenvalue weighted by Crippen LogP contribution is -2.35. The fourth-order valence-corrected chi connectivity index (χ4v) is 4.08. The second-order valence-corrected chi connectivity index (χ2v) is 6.48. The van der Waals surface area contributed by atoms with Crippen molar-refractivity contribution in [2.45, 2.75) is 18.9 Å². The van der Waals surface area contributed by atoms with Crippen LogP contribution in [-0.2, 0) is 12.8 Å². The molecule has 1 aliphatic heterocycles. The Morgan fingerprint density at radius 2 is 1.68 bits per heavy atom. The van der Waals surface area contributed by atoms with Gasteiger partial charge in [-0.15, -0.1) is 12.4 Å². The fraction of sp³-hybridized carbons (Fsp3) is 0.368. The SMILES string of the molecule is COc1ccc2c(c1O)-c1c(O)c(OC)cc3c1[C@H](C2)N(C)CC3.Cl. The fourth-order valence-electron chi connectivity index (χ4n) is 4.08. The molecule has 0 bridgehead atoms. The average Bonchev–Trinajstić information content (AvgIpc) is 2.59. The molecule has 0 fully saturated rings. The number of ether oxygens (including phenoxy) is 2. The van der Waals surface area contributed by atoms with Crippen LogP contribution in [0.15, 0.2) is 18.2 Å². The van der Waals surface area contributed by atoms with E-state index in [2.05, 4.69) is 11.9 Å². The van der Waals surface area contributed by atoms with Crippen molar-refractivity contribution in [3.63, 3.8) is 0 Å². The van der Waals surface area contributed by atoms with Crippen molar-refractivity contribution in [2.24, 2.45) is 0 Å². The summed E-state index contributed by atoms with van der Waals surface area (Å²) in [6.07, 6.45) is 1.70. The van der Waals surface area contributed by atoms with Crippen LogP contribution in [0.5, 0.6) is 23.0 Å². The molecule has 0 unspecified atom stereocenters. The van der Waals surface area contributed by atoms with E-state index in [0.29, 0.717) is 22.6 Å². The average molecular weight is 364 g/mol. The largest absolute Gasteiger partial charge is 0.504 e. The lowest BCUT2D eigenvalue weighted by atomic mass is 9.76. The maximum Gasteiger partial charge on any atom is 0.166 e. The Morgan fingerprint density at radius 1 is 1.00 bits per heavy atom. The highest BCUT2D eigenvalue weighted by Gasteiger charge is 2.37. The number of phenols is 2. The molecule has 2 aliphatic rings. The number of methoxy groups -OCH3 is 2. The molecule has 4 rings (SSSR count). The molecular formula is C19H22ClNO4. The van der Waals surface area contributed by atoms with Crippen LogP contribution < -0.4 is 9.47 Å². The first-order chi connectivity index (χ1) is 11.6. The summed E-state index contributed by atoms with van der Waals surface area (Å²) in [6, 6.07) is 5.87. The number of phenolic OH excluding ortho intramolecular Hbond substituents is 2. The van der Waals surface area contributed by atoms with E-state index in [0.717, 1.165) is 30.5 Å². The second-order valence-electron chi connectivity index (χ2n) is 6.48. The normalized spacial score (nSPS) is 18.0. The predicted octanol–water partition coefficient (Wildman–Crippen LogP) is 3.29. The quantitative estimate of drug-likeness (QED) is 0.857. The third-order valence-corrected chi connectivity index (χ3v) is 5.32. The van der Waals surface area contributed by atoms with Gasteiger partial charge in [0.05, 0.1) is 14.2 Å². The van der Waals surface area contributed by atoms with Gasteiger partial charge >= 0.3 is 0 Å². The molecule has 1 atom stereocenters. The molecule has 25 heavy (non-hydrogen) atoms. The van der Waals surface area contributed by atoms with Crippen LogP contribution in [0, 0.1) is 0 Å². The lowest BCUT2D eigenvalue weighted by Gasteiger charge is -2.40. The molecular weight excluding hydrogens is 342 g/mol. The maximum atomic E-state index is 10.8. The number of halogens is 1. The zero-order chi connectivity index (χ0) is 17.0.